The maximum atomic E-state index is 12.6. The lowest BCUT2D eigenvalue weighted by molar-refractivity contribution is -0.144. The zero-order valence-corrected chi connectivity index (χ0v) is 14.3. The van der Waals surface area contributed by atoms with E-state index in [-0.39, 0.29) is 12.1 Å². The molecule has 0 amide bonds. The second-order valence-corrected chi connectivity index (χ2v) is 5.97. The molecular formula is C17H25N3O3. The highest BCUT2D eigenvalue weighted by Crippen LogP contribution is 2.18. The van der Waals surface area contributed by atoms with Crippen LogP contribution < -0.4 is 5.56 Å². The van der Waals surface area contributed by atoms with Gasteiger partial charge in [-0.1, -0.05) is 27.2 Å². The van der Waals surface area contributed by atoms with Crippen LogP contribution in [-0.2, 0) is 22.5 Å². The molecule has 0 unspecified atom stereocenters. The smallest absolute Gasteiger partial charge is 0.327 e. The molecular weight excluding hydrogens is 294 g/mol. The van der Waals surface area contributed by atoms with E-state index in [9.17, 15) is 9.59 Å². The van der Waals surface area contributed by atoms with Crippen LogP contribution in [0.3, 0.4) is 0 Å². The zero-order chi connectivity index (χ0) is 17.0. The number of fused-ring (bicyclic) bond motifs is 1. The summed E-state index contributed by atoms with van der Waals surface area (Å²) >= 11 is 0. The number of carbonyl (C=O) groups is 1. The van der Waals surface area contributed by atoms with Gasteiger partial charge in [-0.05, 0) is 30.9 Å². The van der Waals surface area contributed by atoms with E-state index in [1.807, 2.05) is 16.7 Å². The van der Waals surface area contributed by atoms with Gasteiger partial charge < -0.3 is 4.74 Å². The molecule has 0 aromatic carbocycles. The van der Waals surface area contributed by atoms with E-state index < -0.39 is 5.97 Å². The lowest BCUT2D eigenvalue weighted by Crippen LogP contribution is -2.30. The average molecular weight is 319 g/mol. The van der Waals surface area contributed by atoms with E-state index >= 15 is 0 Å². The Morgan fingerprint density at radius 3 is 2.70 bits per heavy atom. The van der Waals surface area contributed by atoms with Crippen molar-refractivity contribution in [3.05, 3.63) is 34.0 Å². The Balaban J connectivity index is 2.53. The number of hydrogen-bond donors (Lipinski definition) is 0. The average Bonchev–Trinajstić information content (AvgIpc) is 2.95. The molecule has 0 radical (unpaired) electrons. The van der Waals surface area contributed by atoms with Crippen LogP contribution in [0.2, 0.25) is 0 Å². The number of ether oxygens (including phenoxy) is 1. The van der Waals surface area contributed by atoms with Gasteiger partial charge >= 0.3 is 5.97 Å². The molecule has 23 heavy (non-hydrogen) atoms. The maximum absolute atomic E-state index is 12.6. The van der Waals surface area contributed by atoms with Gasteiger partial charge in [0, 0.05) is 12.6 Å². The summed E-state index contributed by atoms with van der Waals surface area (Å²) in [5, 5.41) is 4.40. The summed E-state index contributed by atoms with van der Waals surface area (Å²) in [5.41, 5.74) is 1.40. The molecule has 0 spiro atoms. The van der Waals surface area contributed by atoms with Crippen molar-refractivity contribution in [2.75, 3.05) is 6.61 Å². The molecule has 0 saturated heterocycles. The van der Waals surface area contributed by atoms with Crippen LogP contribution in [0.15, 0.2) is 17.1 Å². The van der Waals surface area contributed by atoms with Crippen LogP contribution >= 0.6 is 0 Å². The third-order valence-corrected chi connectivity index (χ3v) is 3.81. The third kappa shape index (κ3) is 3.81. The molecule has 2 aromatic rings. The molecule has 0 aliphatic rings. The Bertz CT molecular complexity index is 743. The van der Waals surface area contributed by atoms with Gasteiger partial charge in [0.2, 0.25) is 0 Å². The lowest BCUT2D eigenvalue weighted by atomic mass is 10.1. The summed E-state index contributed by atoms with van der Waals surface area (Å²) in [6.07, 6.45) is 4.77. The van der Waals surface area contributed by atoms with Gasteiger partial charge in [-0.15, -0.1) is 0 Å². The Labute approximate surface area is 136 Å². The lowest BCUT2D eigenvalue weighted by Gasteiger charge is -2.09. The maximum Gasteiger partial charge on any atom is 0.327 e. The van der Waals surface area contributed by atoms with Crippen molar-refractivity contribution in [3.63, 3.8) is 0 Å². The fourth-order valence-corrected chi connectivity index (χ4v) is 2.48. The Kier molecular flexibility index (Phi) is 5.58. The normalized spacial score (nSPS) is 11.3. The molecule has 0 N–H and O–H groups in total. The topological polar surface area (TPSA) is 65.6 Å². The van der Waals surface area contributed by atoms with Gasteiger partial charge in [-0.2, -0.15) is 5.10 Å². The summed E-state index contributed by atoms with van der Waals surface area (Å²) in [6, 6.07) is 1.89. The monoisotopic (exact) mass is 319 g/mol. The minimum atomic E-state index is -0.441. The third-order valence-electron chi connectivity index (χ3n) is 3.81. The first-order valence-corrected chi connectivity index (χ1v) is 8.25. The first-order chi connectivity index (χ1) is 11.0. The van der Waals surface area contributed by atoms with Gasteiger partial charge in [-0.25, -0.2) is 4.68 Å². The standard InChI is InChI=1S/C17H25N3O3/c1-5-7-8-15-18-20(11-16(21)23-6-2)17(22)14-9-13(12(3)4)10-19(14)15/h9-10,12H,5-8,11H2,1-4H3. The summed E-state index contributed by atoms with van der Waals surface area (Å²) < 4.78 is 8.03. The van der Waals surface area contributed by atoms with Gasteiger partial charge in [0.1, 0.15) is 17.9 Å². The number of carbonyl (C=O) groups excluding carboxylic acids is 1. The van der Waals surface area contributed by atoms with Crippen molar-refractivity contribution in [1.29, 1.82) is 0 Å². The minimum Gasteiger partial charge on any atom is -0.465 e. The van der Waals surface area contributed by atoms with Gasteiger partial charge in [-0.3, -0.25) is 14.0 Å². The first kappa shape index (κ1) is 17.2. The second kappa shape index (κ2) is 7.44. The predicted octanol–water partition coefficient (Wildman–Crippen LogP) is 2.53. The Hall–Kier alpha value is -2.11. The van der Waals surface area contributed by atoms with Gasteiger partial charge in [0.25, 0.3) is 5.56 Å². The van der Waals surface area contributed by atoms with Crippen molar-refractivity contribution in [2.24, 2.45) is 0 Å². The van der Waals surface area contributed by atoms with Crippen LogP contribution in [0.5, 0.6) is 0 Å². The number of aryl methyl sites for hydroxylation is 1. The quantitative estimate of drug-likeness (QED) is 0.736. The molecule has 6 heteroatoms. The van der Waals surface area contributed by atoms with E-state index in [0.29, 0.717) is 18.0 Å². The highest BCUT2D eigenvalue weighted by Gasteiger charge is 2.15. The number of esters is 1. The number of hydrogen-bond acceptors (Lipinski definition) is 4. The molecule has 0 fully saturated rings. The number of nitrogens with zero attached hydrogens (tertiary/aromatic N) is 3. The van der Waals surface area contributed by atoms with Crippen molar-refractivity contribution in [3.8, 4) is 0 Å². The van der Waals surface area contributed by atoms with Gasteiger partial charge in [0.05, 0.1) is 6.61 Å². The van der Waals surface area contributed by atoms with E-state index in [2.05, 4.69) is 25.9 Å². The molecule has 0 aliphatic heterocycles. The number of aromatic nitrogens is 3. The molecule has 2 aromatic heterocycles. The fourth-order valence-electron chi connectivity index (χ4n) is 2.48. The largest absolute Gasteiger partial charge is 0.465 e. The Morgan fingerprint density at radius 2 is 2.09 bits per heavy atom. The van der Waals surface area contributed by atoms with Crippen LogP contribution in [0, 0.1) is 0 Å². The van der Waals surface area contributed by atoms with Crippen LogP contribution in [0.1, 0.15) is 57.8 Å². The van der Waals surface area contributed by atoms with Gasteiger partial charge in [0.15, 0.2) is 0 Å². The fraction of sp³-hybridized carbons (Fsp3) is 0.588. The van der Waals surface area contributed by atoms with E-state index in [0.717, 1.165) is 30.7 Å². The number of unbranched alkanes of at least 4 members (excludes halogenated alkanes) is 1. The molecule has 6 nitrogen and oxygen atoms in total. The molecule has 0 saturated carbocycles. The molecule has 0 atom stereocenters. The molecule has 2 rings (SSSR count). The molecule has 0 aliphatic carbocycles. The number of rotatable bonds is 7. The van der Waals surface area contributed by atoms with Crippen molar-refractivity contribution in [1.82, 2.24) is 14.2 Å². The van der Waals surface area contributed by atoms with E-state index in [1.54, 1.807) is 6.92 Å². The summed E-state index contributed by atoms with van der Waals surface area (Å²) in [5.74, 6) is 0.688. The van der Waals surface area contributed by atoms with Crippen LogP contribution in [0.25, 0.3) is 5.52 Å². The predicted molar refractivity (Wildman–Crippen MR) is 88.8 cm³/mol. The second-order valence-electron chi connectivity index (χ2n) is 5.97. The van der Waals surface area contributed by atoms with Crippen LogP contribution in [0.4, 0.5) is 0 Å². The van der Waals surface area contributed by atoms with E-state index in [1.165, 1.54) is 4.68 Å². The minimum absolute atomic E-state index is 0.148. The first-order valence-electron chi connectivity index (χ1n) is 8.25. The summed E-state index contributed by atoms with van der Waals surface area (Å²) in [4.78, 5) is 24.3. The Morgan fingerprint density at radius 1 is 1.35 bits per heavy atom. The SMILES string of the molecule is CCCCc1nn(CC(=O)OCC)c(=O)c2cc(C(C)C)cn12. The molecule has 0 bridgehead atoms. The van der Waals surface area contributed by atoms with E-state index in [4.69, 9.17) is 4.74 Å². The summed E-state index contributed by atoms with van der Waals surface area (Å²) in [7, 11) is 0. The molecule has 126 valence electrons. The van der Waals surface area contributed by atoms with Crippen LogP contribution in [-0.4, -0.2) is 26.8 Å². The highest BCUT2D eigenvalue weighted by atomic mass is 16.5. The highest BCUT2D eigenvalue weighted by molar-refractivity contribution is 5.69. The zero-order valence-electron chi connectivity index (χ0n) is 14.3. The van der Waals surface area contributed by atoms with Crippen molar-refractivity contribution < 1.29 is 9.53 Å². The van der Waals surface area contributed by atoms with Crippen molar-refractivity contribution in [2.45, 2.75) is 59.4 Å². The summed E-state index contributed by atoms with van der Waals surface area (Å²) in [6.45, 7) is 8.18. The van der Waals surface area contributed by atoms with Crippen molar-refractivity contribution >= 4 is 11.5 Å². The molecule has 2 heterocycles.